The van der Waals surface area contributed by atoms with E-state index in [0.29, 0.717) is 5.92 Å². The fourth-order valence-corrected chi connectivity index (χ4v) is 1.40. The fourth-order valence-electron chi connectivity index (χ4n) is 1.40. The molecule has 14 heavy (non-hydrogen) atoms. The van der Waals surface area contributed by atoms with Crippen LogP contribution in [0.15, 0.2) is 23.1 Å². The number of nitrogens with zero attached hydrogens (tertiary/aromatic N) is 1. The molecule has 1 heterocycles. The Hall–Kier alpha value is -1.05. The number of hydrogen-bond acceptors (Lipinski definition) is 1. The van der Waals surface area contributed by atoms with Crippen molar-refractivity contribution in [1.82, 2.24) is 4.57 Å². The first-order valence-corrected chi connectivity index (χ1v) is 5.35. The minimum absolute atomic E-state index is 0.129. The number of hydrogen-bond donors (Lipinski definition) is 0. The Morgan fingerprint density at radius 2 is 2.14 bits per heavy atom. The Morgan fingerprint density at radius 3 is 2.64 bits per heavy atom. The minimum atomic E-state index is 0.129. The van der Waals surface area contributed by atoms with Gasteiger partial charge >= 0.3 is 0 Å². The van der Waals surface area contributed by atoms with Crippen LogP contribution in [0.1, 0.15) is 45.1 Å². The normalized spacial score (nSPS) is 10.9. The molecule has 0 saturated heterocycles. The molecule has 0 saturated carbocycles. The summed E-state index contributed by atoms with van der Waals surface area (Å²) in [6, 6.07) is 3.79. The smallest absolute Gasteiger partial charge is 0.250 e. The zero-order chi connectivity index (χ0) is 10.6. The summed E-state index contributed by atoms with van der Waals surface area (Å²) >= 11 is 0. The molecule has 2 nitrogen and oxygen atoms in total. The molecule has 0 aliphatic rings. The summed E-state index contributed by atoms with van der Waals surface area (Å²) < 4.78 is 1.79. The molecule has 78 valence electrons. The molecular formula is C12H19NO. The quantitative estimate of drug-likeness (QED) is 0.720. The molecule has 0 aliphatic heterocycles. The maximum Gasteiger partial charge on any atom is 0.250 e. The molecular weight excluding hydrogens is 174 g/mol. The lowest BCUT2D eigenvalue weighted by molar-refractivity contribution is 0.610. The Kier molecular flexibility index (Phi) is 3.93. The van der Waals surface area contributed by atoms with Gasteiger partial charge in [0.25, 0.3) is 5.56 Å². The van der Waals surface area contributed by atoms with Gasteiger partial charge < -0.3 is 4.57 Å². The van der Waals surface area contributed by atoms with Crippen molar-refractivity contribution >= 4 is 0 Å². The number of rotatable bonds is 4. The second-order valence-electron chi connectivity index (χ2n) is 4.00. The van der Waals surface area contributed by atoms with Crippen molar-refractivity contribution in [2.75, 3.05) is 0 Å². The SMILES string of the molecule is CCCCn1ccc(C(C)C)cc1=O. The summed E-state index contributed by atoms with van der Waals surface area (Å²) in [6.07, 6.45) is 4.10. The zero-order valence-corrected chi connectivity index (χ0v) is 9.29. The third-order valence-corrected chi connectivity index (χ3v) is 2.44. The highest BCUT2D eigenvalue weighted by Crippen LogP contribution is 2.10. The van der Waals surface area contributed by atoms with E-state index in [9.17, 15) is 4.79 Å². The second kappa shape index (κ2) is 4.99. The van der Waals surface area contributed by atoms with Crippen molar-refractivity contribution in [3.8, 4) is 0 Å². The van der Waals surface area contributed by atoms with Gasteiger partial charge in [0.2, 0.25) is 0 Å². The monoisotopic (exact) mass is 193 g/mol. The van der Waals surface area contributed by atoms with Crippen LogP contribution in [0.3, 0.4) is 0 Å². The first-order chi connectivity index (χ1) is 6.65. The van der Waals surface area contributed by atoms with E-state index in [-0.39, 0.29) is 5.56 Å². The van der Waals surface area contributed by atoms with E-state index in [0.717, 1.165) is 24.9 Å². The lowest BCUT2D eigenvalue weighted by Gasteiger charge is -2.08. The van der Waals surface area contributed by atoms with Gasteiger partial charge in [0.1, 0.15) is 0 Å². The minimum Gasteiger partial charge on any atom is -0.316 e. The van der Waals surface area contributed by atoms with E-state index >= 15 is 0 Å². The molecule has 1 aromatic heterocycles. The highest BCUT2D eigenvalue weighted by Gasteiger charge is 2.01. The van der Waals surface area contributed by atoms with Gasteiger partial charge in [0.15, 0.2) is 0 Å². The van der Waals surface area contributed by atoms with Crippen molar-refractivity contribution in [3.05, 3.63) is 34.2 Å². The Morgan fingerprint density at radius 1 is 1.43 bits per heavy atom. The molecule has 2 heteroatoms. The molecule has 0 spiro atoms. The number of pyridine rings is 1. The Labute approximate surface area is 85.6 Å². The number of aryl methyl sites for hydroxylation is 1. The molecule has 0 aliphatic carbocycles. The molecule has 1 aromatic rings. The summed E-state index contributed by atoms with van der Waals surface area (Å²) in [4.78, 5) is 11.6. The highest BCUT2D eigenvalue weighted by molar-refractivity contribution is 5.14. The topological polar surface area (TPSA) is 22.0 Å². The summed E-state index contributed by atoms with van der Waals surface area (Å²) in [7, 11) is 0. The summed E-state index contributed by atoms with van der Waals surface area (Å²) in [5.74, 6) is 0.434. The van der Waals surface area contributed by atoms with Crippen LogP contribution in [-0.2, 0) is 6.54 Å². The van der Waals surface area contributed by atoms with E-state index < -0.39 is 0 Å². The lowest BCUT2D eigenvalue weighted by atomic mass is 10.1. The maximum absolute atomic E-state index is 11.6. The third kappa shape index (κ3) is 2.72. The molecule has 0 atom stereocenters. The van der Waals surface area contributed by atoms with Crippen molar-refractivity contribution in [1.29, 1.82) is 0 Å². The highest BCUT2D eigenvalue weighted by atomic mass is 16.1. The lowest BCUT2D eigenvalue weighted by Crippen LogP contribution is -2.19. The molecule has 0 amide bonds. The largest absolute Gasteiger partial charge is 0.316 e. The van der Waals surface area contributed by atoms with Gasteiger partial charge in [-0.1, -0.05) is 27.2 Å². The van der Waals surface area contributed by atoms with Crippen LogP contribution < -0.4 is 5.56 Å². The molecule has 0 bridgehead atoms. The van der Waals surface area contributed by atoms with Gasteiger partial charge in [-0.15, -0.1) is 0 Å². The summed E-state index contributed by atoms with van der Waals surface area (Å²) in [5.41, 5.74) is 1.26. The van der Waals surface area contributed by atoms with Crippen LogP contribution >= 0.6 is 0 Å². The first kappa shape index (κ1) is 11.0. The Bertz CT molecular complexity index is 338. The summed E-state index contributed by atoms with van der Waals surface area (Å²) in [6.45, 7) is 7.18. The van der Waals surface area contributed by atoms with Gasteiger partial charge in [-0.25, -0.2) is 0 Å². The van der Waals surface area contributed by atoms with Crippen molar-refractivity contribution in [2.45, 2.75) is 46.1 Å². The molecule has 0 fully saturated rings. The number of aromatic nitrogens is 1. The first-order valence-electron chi connectivity index (χ1n) is 5.35. The van der Waals surface area contributed by atoms with Crippen LogP contribution in [0.2, 0.25) is 0 Å². The van der Waals surface area contributed by atoms with Gasteiger partial charge in [-0.05, 0) is 24.0 Å². The maximum atomic E-state index is 11.6. The summed E-state index contributed by atoms with van der Waals surface area (Å²) in [5, 5.41) is 0. The van der Waals surface area contributed by atoms with Crippen LogP contribution in [-0.4, -0.2) is 4.57 Å². The van der Waals surface area contributed by atoms with Gasteiger partial charge in [-0.2, -0.15) is 0 Å². The molecule has 0 radical (unpaired) electrons. The Balaban J connectivity index is 2.85. The third-order valence-electron chi connectivity index (χ3n) is 2.44. The van der Waals surface area contributed by atoms with Crippen molar-refractivity contribution < 1.29 is 0 Å². The molecule has 0 aromatic carbocycles. The van der Waals surface area contributed by atoms with Gasteiger partial charge in [0.05, 0.1) is 0 Å². The van der Waals surface area contributed by atoms with Crippen LogP contribution in [0, 0.1) is 0 Å². The van der Waals surface area contributed by atoms with Crippen LogP contribution in [0.5, 0.6) is 0 Å². The average molecular weight is 193 g/mol. The molecule has 0 N–H and O–H groups in total. The van der Waals surface area contributed by atoms with Crippen LogP contribution in [0.4, 0.5) is 0 Å². The standard InChI is InChI=1S/C12H19NO/c1-4-5-7-13-8-6-11(10(2)3)9-12(13)14/h6,8-10H,4-5,7H2,1-3H3. The fraction of sp³-hybridized carbons (Fsp3) is 0.583. The predicted molar refractivity (Wildman–Crippen MR) is 59.7 cm³/mol. The van der Waals surface area contributed by atoms with E-state index in [1.807, 2.05) is 12.3 Å². The van der Waals surface area contributed by atoms with E-state index in [4.69, 9.17) is 0 Å². The van der Waals surface area contributed by atoms with Gasteiger partial charge in [-0.3, -0.25) is 4.79 Å². The molecule has 0 unspecified atom stereocenters. The number of unbranched alkanes of at least 4 members (excludes halogenated alkanes) is 1. The van der Waals surface area contributed by atoms with Crippen LogP contribution in [0.25, 0.3) is 0 Å². The van der Waals surface area contributed by atoms with Crippen molar-refractivity contribution in [3.63, 3.8) is 0 Å². The van der Waals surface area contributed by atoms with Crippen molar-refractivity contribution in [2.24, 2.45) is 0 Å². The second-order valence-corrected chi connectivity index (χ2v) is 4.00. The molecule has 1 rings (SSSR count). The van der Waals surface area contributed by atoms with Gasteiger partial charge in [0, 0.05) is 18.8 Å². The predicted octanol–water partition coefficient (Wildman–Crippen LogP) is 2.77. The average Bonchev–Trinajstić information content (AvgIpc) is 2.15. The van der Waals surface area contributed by atoms with E-state index in [2.05, 4.69) is 20.8 Å². The zero-order valence-electron chi connectivity index (χ0n) is 9.29. The van der Waals surface area contributed by atoms with E-state index in [1.54, 1.807) is 10.6 Å². The van der Waals surface area contributed by atoms with E-state index in [1.165, 1.54) is 0 Å².